The molecule has 23 heavy (non-hydrogen) atoms. The van der Waals surface area contributed by atoms with Crippen molar-refractivity contribution in [1.82, 2.24) is 9.21 Å². The number of hydrogen-bond donors (Lipinski definition) is 1. The van der Waals surface area contributed by atoms with E-state index in [1.165, 1.54) is 10.4 Å². The van der Waals surface area contributed by atoms with Crippen LogP contribution in [0.1, 0.15) is 5.56 Å². The number of primary sulfonamides is 1. The fourth-order valence-corrected chi connectivity index (χ4v) is 7.41. The van der Waals surface area contributed by atoms with Crippen molar-refractivity contribution in [1.29, 1.82) is 0 Å². The van der Waals surface area contributed by atoms with Crippen molar-refractivity contribution >= 4 is 31.4 Å². The number of rotatable bonds is 4. The number of nitrogens with zero attached hydrogens (tertiary/aromatic N) is 2. The lowest BCUT2D eigenvalue weighted by Crippen LogP contribution is -2.57. The van der Waals surface area contributed by atoms with Crippen molar-refractivity contribution in [2.45, 2.75) is 20.9 Å². The van der Waals surface area contributed by atoms with E-state index in [1.54, 1.807) is 7.11 Å². The number of hydrogen-bond acceptors (Lipinski definition) is 7. The number of nitrogens with two attached hydrogens (primary N) is 1. The maximum atomic E-state index is 12.8. The van der Waals surface area contributed by atoms with Crippen molar-refractivity contribution < 1.29 is 21.6 Å². The third-order valence-electron chi connectivity index (χ3n) is 4.15. The number of methoxy groups -OCH3 is 1. The van der Waals surface area contributed by atoms with Crippen LogP contribution in [-0.4, -0.2) is 72.0 Å². The number of ether oxygens (including phenoxy) is 1. The van der Waals surface area contributed by atoms with Gasteiger partial charge < -0.3 is 4.74 Å². The molecule has 0 spiro atoms. The number of sulfonamides is 2. The first kappa shape index (κ1) is 17.3. The SMILES string of the molecule is COCCN1CCN2C(Cc3cc(S(N)(=O)=O)sc3S2(=O)=O)C1. The van der Waals surface area contributed by atoms with Crippen LogP contribution in [0.5, 0.6) is 0 Å². The van der Waals surface area contributed by atoms with Gasteiger partial charge in [0.15, 0.2) is 0 Å². The van der Waals surface area contributed by atoms with E-state index in [4.69, 9.17) is 9.88 Å². The highest BCUT2D eigenvalue weighted by Gasteiger charge is 2.43. The Morgan fingerprint density at radius 3 is 2.83 bits per heavy atom. The van der Waals surface area contributed by atoms with Crippen molar-refractivity contribution in [3.8, 4) is 0 Å². The Labute approximate surface area is 139 Å². The summed E-state index contributed by atoms with van der Waals surface area (Å²) in [6, 6.07) is 1.22. The molecule has 2 N–H and O–H groups in total. The van der Waals surface area contributed by atoms with Crippen LogP contribution in [0.25, 0.3) is 0 Å². The summed E-state index contributed by atoms with van der Waals surface area (Å²) in [5.74, 6) is 0. The maximum Gasteiger partial charge on any atom is 0.253 e. The first-order valence-corrected chi connectivity index (χ1v) is 10.9. The summed E-state index contributed by atoms with van der Waals surface area (Å²) < 4.78 is 55.1. The smallest absolute Gasteiger partial charge is 0.253 e. The quantitative estimate of drug-likeness (QED) is 0.736. The van der Waals surface area contributed by atoms with Crippen LogP contribution >= 0.6 is 11.3 Å². The average Bonchev–Trinajstić information content (AvgIpc) is 2.90. The summed E-state index contributed by atoms with van der Waals surface area (Å²) >= 11 is 0.743. The van der Waals surface area contributed by atoms with Gasteiger partial charge in [-0.2, -0.15) is 4.31 Å². The molecule has 1 unspecified atom stereocenters. The van der Waals surface area contributed by atoms with Gasteiger partial charge in [-0.25, -0.2) is 22.0 Å². The summed E-state index contributed by atoms with van der Waals surface area (Å²) in [4.78, 5) is 2.16. The number of fused-ring (bicyclic) bond motifs is 2. The molecular formula is C12H19N3O5S3. The molecule has 1 aromatic rings. The van der Waals surface area contributed by atoms with Gasteiger partial charge in [-0.1, -0.05) is 0 Å². The van der Waals surface area contributed by atoms with Crippen molar-refractivity contribution in [3.63, 3.8) is 0 Å². The minimum absolute atomic E-state index is 0.0952. The van der Waals surface area contributed by atoms with E-state index in [9.17, 15) is 16.8 Å². The molecule has 0 aromatic carbocycles. The van der Waals surface area contributed by atoms with Crippen LogP contribution in [0.15, 0.2) is 14.5 Å². The molecule has 3 rings (SSSR count). The summed E-state index contributed by atoms with van der Waals surface area (Å²) in [5.41, 5.74) is 0.550. The van der Waals surface area contributed by atoms with Crippen LogP contribution < -0.4 is 5.14 Å². The van der Waals surface area contributed by atoms with Crippen LogP contribution in [0, 0.1) is 0 Å². The molecule has 1 aromatic heterocycles. The van der Waals surface area contributed by atoms with E-state index in [2.05, 4.69) is 4.90 Å². The monoisotopic (exact) mass is 381 g/mol. The van der Waals surface area contributed by atoms with E-state index in [0.717, 1.165) is 17.9 Å². The Kier molecular flexibility index (Phi) is 4.55. The second-order valence-corrected chi connectivity index (χ2v) is 10.6. The molecule has 11 heteroatoms. The summed E-state index contributed by atoms with van der Waals surface area (Å²) in [7, 11) is -5.91. The van der Waals surface area contributed by atoms with Gasteiger partial charge in [-0.3, -0.25) is 4.90 Å². The Morgan fingerprint density at radius 2 is 2.17 bits per heavy atom. The van der Waals surface area contributed by atoms with Gasteiger partial charge in [-0.05, 0) is 18.1 Å². The molecule has 8 nitrogen and oxygen atoms in total. The Balaban J connectivity index is 1.92. The highest BCUT2D eigenvalue weighted by Crippen LogP contribution is 2.38. The topological polar surface area (TPSA) is 110 Å². The van der Waals surface area contributed by atoms with Crippen LogP contribution in [0.2, 0.25) is 0 Å². The Hall–Kier alpha value is -0.560. The fraction of sp³-hybridized carbons (Fsp3) is 0.667. The first-order chi connectivity index (χ1) is 10.7. The van der Waals surface area contributed by atoms with Gasteiger partial charge in [-0.15, -0.1) is 11.3 Å². The van der Waals surface area contributed by atoms with Crippen LogP contribution in [0.3, 0.4) is 0 Å². The second kappa shape index (κ2) is 6.06. The molecule has 130 valence electrons. The van der Waals surface area contributed by atoms with Crippen LogP contribution in [-0.2, 0) is 31.2 Å². The first-order valence-electron chi connectivity index (χ1n) is 7.12. The molecule has 1 atom stereocenters. The lowest BCUT2D eigenvalue weighted by molar-refractivity contribution is 0.0943. The third-order valence-corrected chi connectivity index (χ3v) is 9.25. The minimum atomic E-state index is -3.89. The number of piperazine rings is 1. The highest BCUT2D eigenvalue weighted by atomic mass is 32.3. The minimum Gasteiger partial charge on any atom is -0.383 e. The second-order valence-electron chi connectivity index (χ2n) is 5.69. The molecule has 2 aliphatic heterocycles. The molecule has 2 aliphatic rings. The summed E-state index contributed by atoms with van der Waals surface area (Å²) in [5, 5.41) is 5.13. The van der Waals surface area contributed by atoms with E-state index >= 15 is 0 Å². The summed E-state index contributed by atoms with van der Waals surface area (Å²) in [6.45, 7) is 3.00. The van der Waals surface area contributed by atoms with E-state index in [-0.39, 0.29) is 14.5 Å². The van der Waals surface area contributed by atoms with E-state index < -0.39 is 20.0 Å². The van der Waals surface area contributed by atoms with Gasteiger partial charge in [0.2, 0.25) is 10.0 Å². The molecule has 0 amide bonds. The zero-order chi connectivity index (χ0) is 16.8. The fourth-order valence-electron chi connectivity index (χ4n) is 3.06. The van der Waals surface area contributed by atoms with Gasteiger partial charge in [0.25, 0.3) is 10.0 Å². The van der Waals surface area contributed by atoms with E-state index in [0.29, 0.717) is 38.2 Å². The van der Waals surface area contributed by atoms with Crippen molar-refractivity contribution in [2.24, 2.45) is 5.14 Å². The predicted molar refractivity (Wildman–Crippen MR) is 85.4 cm³/mol. The molecule has 0 saturated carbocycles. The molecule has 0 radical (unpaired) electrons. The lowest BCUT2D eigenvalue weighted by Gasteiger charge is -2.42. The molecule has 0 aliphatic carbocycles. The van der Waals surface area contributed by atoms with Crippen molar-refractivity contribution in [2.75, 3.05) is 39.9 Å². The highest BCUT2D eigenvalue weighted by molar-refractivity contribution is 7.94. The molecule has 3 heterocycles. The zero-order valence-corrected chi connectivity index (χ0v) is 15.1. The van der Waals surface area contributed by atoms with Gasteiger partial charge >= 0.3 is 0 Å². The van der Waals surface area contributed by atoms with Crippen molar-refractivity contribution in [3.05, 3.63) is 11.6 Å². The maximum absolute atomic E-state index is 12.8. The Morgan fingerprint density at radius 1 is 1.43 bits per heavy atom. The zero-order valence-electron chi connectivity index (χ0n) is 12.6. The normalized spacial score (nSPS) is 25.0. The molecular weight excluding hydrogens is 362 g/mol. The third kappa shape index (κ3) is 3.18. The van der Waals surface area contributed by atoms with Crippen LogP contribution in [0.4, 0.5) is 0 Å². The van der Waals surface area contributed by atoms with Gasteiger partial charge in [0, 0.05) is 39.3 Å². The predicted octanol–water partition coefficient (Wildman–Crippen LogP) is -0.727. The Bertz CT molecular complexity index is 802. The standard InChI is InChI=1S/C12H19N3O5S3/c1-20-5-4-14-2-3-15-10(8-14)6-9-7-11(22(13,16)17)21-12(9)23(15,18)19/h7,10H,2-6,8H2,1H3,(H2,13,16,17). The summed E-state index contributed by atoms with van der Waals surface area (Å²) in [6.07, 6.45) is 0.504. The lowest BCUT2D eigenvalue weighted by atomic mass is 10.1. The van der Waals surface area contributed by atoms with Gasteiger partial charge in [0.05, 0.1) is 6.61 Å². The molecule has 0 bridgehead atoms. The molecule has 1 fully saturated rings. The van der Waals surface area contributed by atoms with E-state index in [1.807, 2.05) is 0 Å². The average molecular weight is 382 g/mol. The number of thiophene rings is 1. The largest absolute Gasteiger partial charge is 0.383 e. The van der Waals surface area contributed by atoms with Gasteiger partial charge in [0.1, 0.15) is 8.42 Å². The molecule has 1 saturated heterocycles.